The van der Waals surface area contributed by atoms with Gasteiger partial charge in [0, 0.05) is 17.7 Å². The summed E-state index contributed by atoms with van der Waals surface area (Å²) in [6.07, 6.45) is 2.59. The third-order valence-corrected chi connectivity index (χ3v) is 4.81. The van der Waals surface area contributed by atoms with Crippen LogP contribution in [0.15, 0.2) is 78.9 Å². The smallest absolute Gasteiger partial charge is 0.121 e. The largest absolute Gasteiger partial charge is 0.494 e. The number of aliphatic hydroxyl groups is 1. The van der Waals surface area contributed by atoms with Gasteiger partial charge < -0.3 is 15.6 Å². The molecular weight excluding hydrogens is 334 g/mol. The van der Waals surface area contributed by atoms with E-state index in [1.807, 2.05) is 78.9 Å². The van der Waals surface area contributed by atoms with Crippen LogP contribution >= 0.6 is 0 Å². The molecule has 0 bridgehead atoms. The minimum absolute atomic E-state index is 0.431. The molecule has 3 heteroatoms. The second-order valence-corrected chi connectivity index (χ2v) is 6.84. The van der Waals surface area contributed by atoms with Crippen molar-refractivity contribution in [3.63, 3.8) is 0 Å². The average Bonchev–Trinajstić information content (AvgIpc) is 2.70. The van der Waals surface area contributed by atoms with Gasteiger partial charge in [-0.15, -0.1) is 0 Å². The molecule has 0 radical (unpaired) electrons. The summed E-state index contributed by atoms with van der Waals surface area (Å²) in [6.45, 7) is 2.87. The Kier molecular flexibility index (Phi) is 6.15. The summed E-state index contributed by atoms with van der Waals surface area (Å²) in [5.74, 6) is 0.856. The molecular formula is C24H27NO2. The van der Waals surface area contributed by atoms with E-state index < -0.39 is 5.60 Å². The van der Waals surface area contributed by atoms with Gasteiger partial charge in [0.1, 0.15) is 11.4 Å². The Hall–Kier alpha value is -2.78. The van der Waals surface area contributed by atoms with Gasteiger partial charge in [0.15, 0.2) is 0 Å². The van der Waals surface area contributed by atoms with Crippen molar-refractivity contribution in [1.29, 1.82) is 0 Å². The van der Waals surface area contributed by atoms with Crippen molar-refractivity contribution in [2.24, 2.45) is 0 Å². The molecule has 0 fully saturated rings. The zero-order valence-electron chi connectivity index (χ0n) is 15.8. The van der Waals surface area contributed by atoms with Gasteiger partial charge in [-0.1, -0.05) is 74.0 Å². The summed E-state index contributed by atoms with van der Waals surface area (Å²) in [6, 6.07) is 25.1. The Balaban J connectivity index is 1.90. The summed E-state index contributed by atoms with van der Waals surface area (Å²) in [5, 5.41) is 11.7. The van der Waals surface area contributed by atoms with Crippen LogP contribution in [0, 0.1) is 0 Å². The van der Waals surface area contributed by atoms with Crippen LogP contribution in [0.5, 0.6) is 5.75 Å². The highest BCUT2D eigenvalue weighted by atomic mass is 16.5. The van der Waals surface area contributed by atoms with Gasteiger partial charge in [-0.05, 0) is 35.7 Å². The number of ether oxygens (including phenoxy) is 1. The minimum atomic E-state index is -1.20. The third-order valence-electron chi connectivity index (χ3n) is 4.81. The molecule has 0 spiro atoms. The fourth-order valence-corrected chi connectivity index (χ4v) is 3.27. The van der Waals surface area contributed by atoms with Gasteiger partial charge in [-0.2, -0.15) is 0 Å². The first-order valence-electron chi connectivity index (χ1n) is 9.48. The Morgan fingerprint density at radius 1 is 0.889 bits per heavy atom. The number of para-hydroxylation sites is 1. The lowest BCUT2D eigenvalue weighted by Gasteiger charge is -2.31. The quantitative estimate of drug-likeness (QED) is 0.442. The Morgan fingerprint density at radius 3 is 2.22 bits per heavy atom. The predicted octanol–water partition coefficient (Wildman–Crippen LogP) is 4.93. The summed E-state index contributed by atoms with van der Waals surface area (Å²) in [4.78, 5) is 0. The van der Waals surface area contributed by atoms with Gasteiger partial charge in [0.25, 0.3) is 0 Å². The first-order valence-corrected chi connectivity index (χ1v) is 9.48. The van der Waals surface area contributed by atoms with Crippen LogP contribution in [0.1, 0.15) is 36.5 Å². The van der Waals surface area contributed by atoms with Crippen molar-refractivity contribution in [2.75, 3.05) is 12.3 Å². The molecule has 3 rings (SSSR count). The second kappa shape index (κ2) is 8.74. The molecule has 0 heterocycles. The molecule has 0 saturated carbocycles. The molecule has 1 unspecified atom stereocenters. The van der Waals surface area contributed by atoms with Crippen LogP contribution in [-0.2, 0) is 12.0 Å². The van der Waals surface area contributed by atoms with Gasteiger partial charge in [-0.25, -0.2) is 0 Å². The Bertz CT molecular complexity index is 846. The summed E-state index contributed by atoms with van der Waals surface area (Å²) in [5.41, 5.74) is 8.17. The summed E-state index contributed by atoms with van der Waals surface area (Å²) in [7, 11) is 0. The van der Waals surface area contributed by atoms with E-state index in [0.717, 1.165) is 41.9 Å². The van der Waals surface area contributed by atoms with Crippen molar-refractivity contribution >= 4 is 5.69 Å². The molecule has 1 atom stereocenters. The number of hydrogen-bond donors (Lipinski definition) is 2. The zero-order valence-corrected chi connectivity index (χ0v) is 15.8. The van der Waals surface area contributed by atoms with Crippen molar-refractivity contribution in [2.45, 2.75) is 31.8 Å². The molecule has 0 aliphatic rings. The van der Waals surface area contributed by atoms with Crippen LogP contribution < -0.4 is 10.5 Å². The van der Waals surface area contributed by atoms with E-state index in [9.17, 15) is 5.11 Å². The monoisotopic (exact) mass is 361 g/mol. The lowest BCUT2D eigenvalue weighted by Crippen LogP contribution is -2.31. The number of hydrogen-bond acceptors (Lipinski definition) is 3. The summed E-state index contributed by atoms with van der Waals surface area (Å²) < 4.78 is 5.74. The predicted molar refractivity (Wildman–Crippen MR) is 111 cm³/mol. The second-order valence-electron chi connectivity index (χ2n) is 6.84. The van der Waals surface area contributed by atoms with Gasteiger partial charge >= 0.3 is 0 Å². The van der Waals surface area contributed by atoms with Crippen LogP contribution in [0.25, 0.3) is 0 Å². The molecule has 0 amide bonds. The number of rotatable bonds is 8. The number of benzene rings is 3. The van der Waals surface area contributed by atoms with Gasteiger partial charge in [-0.3, -0.25) is 0 Å². The third kappa shape index (κ3) is 4.50. The van der Waals surface area contributed by atoms with E-state index >= 15 is 0 Å². The maximum atomic E-state index is 11.7. The van der Waals surface area contributed by atoms with E-state index in [0.29, 0.717) is 12.1 Å². The maximum absolute atomic E-state index is 11.7. The molecule has 0 aliphatic carbocycles. The molecule has 140 valence electrons. The van der Waals surface area contributed by atoms with E-state index in [4.69, 9.17) is 10.5 Å². The topological polar surface area (TPSA) is 55.5 Å². The summed E-state index contributed by atoms with van der Waals surface area (Å²) >= 11 is 0. The fraction of sp³-hybridized carbons (Fsp3) is 0.250. The van der Waals surface area contributed by atoms with E-state index in [2.05, 4.69) is 6.92 Å². The van der Waals surface area contributed by atoms with Crippen LogP contribution in [0.4, 0.5) is 5.69 Å². The van der Waals surface area contributed by atoms with E-state index in [1.54, 1.807) is 0 Å². The number of nitrogen functional groups attached to an aromatic ring is 1. The fourth-order valence-electron chi connectivity index (χ4n) is 3.27. The Labute approximate surface area is 161 Å². The standard InChI is InChI=1S/C24H27NO2/c1-2-3-17-27-21-15-13-19(14-16-21)18-24(26,20-9-5-4-6-10-20)22-11-7-8-12-23(22)25/h4-16,26H,2-3,17-18,25H2,1H3. The van der Waals surface area contributed by atoms with Crippen molar-refractivity contribution in [3.05, 3.63) is 95.6 Å². The zero-order chi connectivity index (χ0) is 19.1. The van der Waals surface area contributed by atoms with Crippen LogP contribution in [0.2, 0.25) is 0 Å². The average molecular weight is 361 g/mol. The lowest BCUT2D eigenvalue weighted by molar-refractivity contribution is 0.0819. The SMILES string of the molecule is CCCCOc1ccc(CC(O)(c2ccccc2)c2ccccc2N)cc1. The maximum Gasteiger partial charge on any atom is 0.121 e. The molecule has 3 aromatic rings. The van der Waals surface area contributed by atoms with E-state index in [1.165, 1.54) is 0 Å². The highest BCUT2D eigenvalue weighted by molar-refractivity contribution is 5.54. The number of anilines is 1. The highest BCUT2D eigenvalue weighted by Crippen LogP contribution is 2.36. The Morgan fingerprint density at radius 2 is 1.56 bits per heavy atom. The minimum Gasteiger partial charge on any atom is -0.494 e. The molecule has 27 heavy (non-hydrogen) atoms. The molecule has 0 saturated heterocycles. The molecule has 0 aliphatic heterocycles. The van der Waals surface area contributed by atoms with Gasteiger partial charge in [0.2, 0.25) is 0 Å². The molecule has 3 aromatic carbocycles. The highest BCUT2D eigenvalue weighted by Gasteiger charge is 2.33. The first-order chi connectivity index (χ1) is 13.1. The molecule has 3 N–H and O–H groups in total. The van der Waals surface area contributed by atoms with Crippen molar-refractivity contribution in [1.82, 2.24) is 0 Å². The lowest BCUT2D eigenvalue weighted by atomic mass is 9.80. The van der Waals surface area contributed by atoms with Crippen molar-refractivity contribution in [3.8, 4) is 5.75 Å². The molecule has 0 aromatic heterocycles. The number of unbranched alkanes of at least 4 members (excludes halogenated alkanes) is 1. The first kappa shape index (κ1) is 19.0. The van der Waals surface area contributed by atoms with E-state index in [-0.39, 0.29) is 0 Å². The van der Waals surface area contributed by atoms with Crippen LogP contribution in [0.3, 0.4) is 0 Å². The molecule has 3 nitrogen and oxygen atoms in total. The number of nitrogens with two attached hydrogens (primary N) is 1. The van der Waals surface area contributed by atoms with Crippen molar-refractivity contribution < 1.29 is 9.84 Å². The van der Waals surface area contributed by atoms with Gasteiger partial charge in [0.05, 0.1) is 6.61 Å². The van der Waals surface area contributed by atoms with Crippen LogP contribution in [-0.4, -0.2) is 11.7 Å². The normalized spacial score (nSPS) is 13.1.